The first-order valence-corrected chi connectivity index (χ1v) is 7.41. The van der Waals surface area contributed by atoms with Gasteiger partial charge in [0.1, 0.15) is 11.8 Å². The highest BCUT2D eigenvalue weighted by molar-refractivity contribution is 6.35. The summed E-state index contributed by atoms with van der Waals surface area (Å²) < 4.78 is 5.40. The lowest BCUT2D eigenvalue weighted by Crippen LogP contribution is -2.51. The van der Waals surface area contributed by atoms with Crippen LogP contribution in [-0.2, 0) is 9.59 Å². The molecule has 5 nitrogen and oxygen atoms in total. The van der Waals surface area contributed by atoms with Crippen LogP contribution in [0.2, 0.25) is 10.0 Å². The van der Waals surface area contributed by atoms with Crippen molar-refractivity contribution in [3.8, 4) is 5.75 Å². The number of carbonyl (C=O) groups is 2. The number of rotatable bonds is 4. The van der Waals surface area contributed by atoms with E-state index < -0.39 is 11.9 Å². The van der Waals surface area contributed by atoms with Crippen LogP contribution in [0.15, 0.2) is 18.2 Å². The number of likely N-dealkylation sites (tertiary alicyclic amines) is 1. The second-order valence-electron chi connectivity index (χ2n) is 4.86. The van der Waals surface area contributed by atoms with Gasteiger partial charge in [-0.15, -0.1) is 0 Å². The van der Waals surface area contributed by atoms with Gasteiger partial charge < -0.3 is 15.4 Å². The molecule has 1 saturated heterocycles. The third kappa shape index (κ3) is 4.02. The second kappa shape index (κ2) is 7.00. The average molecular weight is 331 g/mol. The zero-order chi connectivity index (χ0) is 15.4. The molecule has 1 aromatic rings. The van der Waals surface area contributed by atoms with Crippen LogP contribution in [0.3, 0.4) is 0 Å². The Morgan fingerprint density at radius 3 is 2.76 bits per heavy atom. The number of benzene rings is 1. The highest BCUT2D eigenvalue weighted by Gasteiger charge is 2.30. The fraction of sp³-hybridized carbons (Fsp3) is 0.429. The number of primary amides is 1. The van der Waals surface area contributed by atoms with E-state index in [2.05, 4.69) is 0 Å². The lowest BCUT2D eigenvalue weighted by molar-refractivity contribution is -0.142. The quantitative estimate of drug-likeness (QED) is 0.920. The fourth-order valence-corrected chi connectivity index (χ4v) is 2.80. The van der Waals surface area contributed by atoms with Crippen molar-refractivity contribution in [1.29, 1.82) is 0 Å². The number of hydrogen-bond donors (Lipinski definition) is 1. The number of nitrogens with two attached hydrogens (primary N) is 1. The van der Waals surface area contributed by atoms with E-state index in [1.54, 1.807) is 12.1 Å². The van der Waals surface area contributed by atoms with E-state index in [4.69, 9.17) is 33.7 Å². The van der Waals surface area contributed by atoms with E-state index in [1.165, 1.54) is 11.0 Å². The Morgan fingerprint density at radius 2 is 2.10 bits per heavy atom. The molecule has 1 aromatic carbocycles. The molecule has 2 amide bonds. The van der Waals surface area contributed by atoms with Crippen molar-refractivity contribution in [2.24, 2.45) is 5.73 Å². The first-order valence-electron chi connectivity index (χ1n) is 6.65. The Morgan fingerprint density at radius 1 is 1.33 bits per heavy atom. The van der Waals surface area contributed by atoms with Crippen molar-refractivity contribution in [3.63, 3.8) is 0 Å². The van der Waals surface area contributed by atoms with Crippen molar-refractivity contribution in [2.75, 3.05) is 13.2 Å². The molecule has 7 heteroatoms. The topological polar surface area (TPSA) is 72.6 Å². The summed E-state index contributed by atoms with van der Waals surface area (Å²) in [4.78, 5) is 25.1. The Kier molecular flexibility index (Phi) is 5.31. The van der Waals surface area contributed by atoms with Gasteiger partial charge in [-0.2, -0.15) is 0 Å². The molecular weight excluding hydrogens is 315 g/mol. The Bertz CT molecular complexity index is 551. The van der Waals surface area contributed by atoms with Crippen LogP contribution in [0.4, 0.5) is 0 Å². The highest BCUT2D eigenvalue weighted by Crippen LogP contribution is 2.27. The highest BCUT2D eigenvalue weighted by atomic mass is 35.5. The minimum absolute atomic E-state index is 0.189. The Balaban J connectivity index is 1.98. The third-order valence-corrected chi connectivity index (χ3v) is 3.93. The first-order chi connectivity index (χ1) is 9.99. The van der Waals surface area contributed by atoms with Gasteiger partial charge in [-0.25, -0.2) is 0 Å². The van der Waals surface area contributed by atoms with Crippen LogP contribution < -0.4 is 10.5 Å². The average Bonchev–Trinajstić information content (AvgIpc) is 2.46. The molecule has 1 unspecified atom stereocenters. The zero-order valence-corrected chi connectivity index (χ0v) is 12.9. The van der Waals surface area contributed by atoms with E-state index >= 15 is 0 Å². The molecule has 2 rings (SSSR count). The van der Waals surface area contributed by atoms with Gasteiger partial charge in [0.2, 0.25) is 5.91 Å². The fourth-order valence-electron chi connectivity index (χ4n) is 2.34. The summed E-state index contributed by atoms with van der Waals surface area (Å²) >= 11 is 11.8. The molecular formula is C14H16Cl2N2O3. The number of nitrogens with zero attached hydrogens (tertiary/aromatic N) is 1. The first kappa shape index (κ1) is 15.9. The number of piperidine rings is 1. The molecule has 1 heterocycles. The third-order valence-electron chi connectivity index (χ3n) is 3.40. The van der Waals surface area contributed by atoms with Crippen LogP contribution in [0.5, 0.6) is 5.75 Å². The number of hydrogen-bond acceptors (Lipinski definition) is 3. The summed E-state index contributed by atoms with van der Waals surface area (Å²) in [5.74, 6) is -0.376. The molecule has 1 fully saturated rings. The molecule has 1 aliphatic rings. The van der Waals surface area contributed by atoms with Crippen LogP contribution in [0.25, 0.3) is 0 Å². The number of carbonyl (C=O) groups excluding carboxylic acids is 2. The molecule has 0 aliphatic carbocycles. The van der Waals surface area contributed by atoms with Gasteiger partial charge >= 0.3 is 0 Å². The molecule has 0 aromatic heterocycles. The summed E-state index contributed by atoms with van der Waals surface area (Å²) in [6.07, 6.45) is 2.35. The van der Waals surface area contributed by atoms with Crippen LogP contribution in [-0.4, -0.2) is 35.9 Å². The predicted octanol–water partition coefficient (Wildman–Crippen LogP) is 2.24. The monoisotopic (exact) mass is 330 g/mol. The van der Waals surface area contributed by atoms with Crippen LogP contribution >= 0.6 is 23.2 Å². The molecule has 1 atom stereocenters. The Labute approximate surface area is 132 Å². The second-order valence-corrected chi connectivity index (χ2v) is 5.71. The molecule has 0 saturated carbocycles. The minimum Gasteiger partial charge on any atom is -0.482 e. The van der Waals surface area contributed by atoms with Crippen LogP contribution in [0, 0.1) is 0 Å². The van der Waals surface area contributed by atoms with E-state index in [-0.39, 0.29) is 12.5 Å². The van der Waals surface area contributed by atoms with Crippen molar-refractivity contribution in [2.45, 2.75) is 25.3 Å². The van der Waals surface area contributed by atoms with Gasteiger partial charge in [-0.05, 0) is 37.5 Å². The number of ether oxygens (including phenoxy) is 1. The predicted molar refractivity (Wildman–Crippen MR) is 80.5 cm³/mol. The van der Waals surface area contributed by atoms with E-state index in [0.29, 0.717) is 28.8 Å². The van der Waals surface area contributed by atoms with Crippen molar-refractivity contribution in [1.82, 2.24) is 4.90 Å². The maximum Gasteiger partial charge on any atom is 0.261 e. The summed E-state index contributed by atoms with van der Waals surface area (Å²) in [5.41, 5.74) is 5.33. The molecule has 0 spiro atoms. The lowest BCUT2D eigenvalue weighted by Gasteiger charge is -2.33. The van der Waals surface area contributed by atoms with Crippen molar-refractivity contribution < 1.29 is 14.3 Å². The van der Waals surface area contributed by atoms with E-state index in [1.807, 2.05) is 0 Å². The molecule has 2 N–H and O–H groups in total. The van der Waals surface area contributed by atoms with Gasteiger partial charge in [0.15, 0.2) is 6.61 Å². The number of amides is 2. The smallest absolute Gasteiger partial charge is 0.261 e. The maximum atomic E-state index is 12.2. The standard InChI is InChI=1S/C14H16Cl2N2O3/c15-9-4-5-12(10(16)7-9)21-8-13(19)18-6-2-1-3-11(18)14(17)20/h4-5,7,11H,1-3,6,8H2,(H2,17,20). The van der Waals surface area contributed by atoms with Gasteiger partial charge in [-0.1, -0.05) is 23.2 Å². The summed E-state index contributed by atoms with van der Waals surface area (Å²) in [5, 5.41) is 0.823. The van der Waals surface area contributed by atoms with E-state index in [9.17, 15) is 9.59 Å². The minimum atomic E-state index is -0.546. The molecule has 114 valence electrons. The van der Waals surface area contributed by atoms with Crippen LogP contribution in [0.1, 0.15) is 19.3 Å². The molecule has 0 bridgehead atoms. The van der Waals surface area contributed by atoms with Crippen molar-refractivity contribution in [3.05, 3.63) is 28.2 Å². The normalized spacial score (nSPS) is 18.4. The summed E-state index contributed by atoms with van der Waals surface area (Å²) in [7, 11) is 0. The van der Waals surface area contributed by atoms with Gasteiger partial charge in [0.05, 0.1) is 5.02 Å². The van der Waals surface area contributed by atoms with Gasteiger partial charge in [0.25, 0.3) is 5.91 Å². The molecule has 21 heavy (non-hydrogen) atoms. The Hall–Kier alpha value is -1.46. The van der Waals surface area contributed by atoms with Gasteiger partial charge in [-0.3, -0.25) is 9.59 Å². The maximum absolute atomic E-state index is 12.2. The number of halogens is 2. The zero-order valence-electron chi connectivity index (χ0n) is 11.4. The van der Waals surface area contributed by atoms with Gasteiger partial charge in [0, 0.05) is 11.6 Å². The van der Waals surface area contributed by atoms with E-state index in [0.717, 1.165) is 12.8 Å². The molecule has 0 radical (unpaired) electrons. The SMILES string of the molecule is NC(=O)C1CCCCN1C(=O)COc1ccc(Cl)cc1Cl. The molecule has 1 aliphatic heterocycles. The van der Waals surface area contributed by atoms with Crippen molar-refractivity contribution >= 4 is 35.0 Å². The lowest BCUT2D eigenvalue weighted by atomic mass is 10.0. The summed E-state index contributed by atoms with van der Waals surface area (Å²) in [6, 6.07) is 4.21. The summed E-state index contributed by atoms with van der Waals surface area (Å²) in [6.45, 7) is 0.329. The largest absolute Gasteiger partial charge is 0.482 e.